The maximum absolute atomic E-state index is 12.9. The maximum atomic E-state index is 12.9. The number of phenols is 1. The summed E-state index contributed by atoms with van der Waals surface area (Å²) in [6, 6.07) is 24.8. The quantitative estimate of drug-likeness (QED) is 0.217. The number of hydrogen-bond donors (Lipinski definition) is 3. The van der Waals surface area contributed by atoms with Crippen LogP contribution in [-0.2, 0) is 4.79 Å². The van der Waals surface area contributed by atoms with Crippen LogP contribution in [0.15, 0.2) is 107 Å². The van der Waals surface area contributed by atoms with Crippen LogP contribution in [0.4, 0.5) is 0 Å². The molecule has 3 N–H and O–H groups in total. The van der Waals surface area contributed by atoms with Crippen molar-refractivity contribution in [3.63, 3.8) is 0 Å². The van der Waals surface area contributed by atoms with Crippen LogP contribution in [0.1, 0.15) is 35.3 Å². The van der Waals surface area contributed by atoms with Crippen LogP contribution >= 0.6 is 0 Å². The lowest BCUT2D eigenvalue weighted by Crippen LogP contribution is -2.33. The standard InChI is InChI=1S/C27H25N3O3/c1-19(17-21-9-5-3-6-10-21)18-25(28-26(32)23-11-7-4-8-12-23)27(33)30-29-20(2)22-13-15-24(31)16-14-22/h3-18,31H,1-2H3,(H,28,32)(H,30,33)/b19-17-,25-18+,29-20?. The van der Waals surface area contributed by atoms with E-state index in [1.807, 2.05) is 49.4 Å². The largest absolute Gasteiger partial charge is 0.508 e. The lowest BCUT2D eigenvalue weighted by atomic mass is 10.1. The van der Waals surface area contributed by atoms with Crippen LogP contribution in [0.25, 0.3) is 6.08 Å². The molecule has 0 heterocycles. The molecule has 0 radical (unpaired) electrons. The van der Waals surface area contributed by atoms with E-state index < -0.39 is 11.8 Å². The molecule has 6 nitrogen and oxygen atoms in total. The van der Waals surface area contributed by atoms with Gasteiger partial charge < -0.3 is 10.4 Å². The average Bonchev–Trinajstić information content (AvgIpc) is 2.83. The Labute approximate surface area is 193 Å². The number of hydrazone groups is 1. The van der Waals surface area contributed by atoms with E-state index in [2.05, 4.69) is 15.8 Å². The smallest absolute Gasteiger partial charge is 0.287 e. The number of aromatic hydroxyl groups is 1. The first kappa shape index (κ1) is 23.2. The summed E-state index contributed by atoms with van der Waals surface area (Å²) >= 11 is 0. The molecule has 0 saturated carbocycles. The maximum Gasteiger partial charge on any atom is 0.287 e. The molecule has 0 aliphatic carbocycles. The van der Waals surface area contributed by atoms with Crippen LogP contribution in [0.5, 0.6) is 5.75 Å². The van der Waals surface area contributed by atoms with E-state index in [4.69, 9.17) is 0 Å². The SMILES string of the molecule is CC(=NNC(=O)/C(=C\C(C)=C/c1ccccc1)NC(=O)c1ccccc1)c1ccc(O)cc1. The number of carbonyl (C=O) groups excluding carboxylic acids is 2. The summed E-state index contributed by atoms with van der Waals surface area (Å²) in [5.74, 6) is -0.813. The molecule has 2 amide bonds. The van der Waals surface area contributed by atoms with E-state index in [9.17, 15) is 14.7 Å². The van der Waals surface area contributed by atoms with Crippen LogP contribution < -0.4 is 10.7 Å². The second kappa shape index (κ2) is 11.2. The van der Waals surface area contributed by atoms with Gasteiger partial charge >= 0.3 is 0 Å². The number of allylic oxidation sites excluding steroid dienone is 2. The molecule has 0 aliphatic rings. The average molecular weight is 440 g/mol. The van der Waals surface area contributed by atoms with Gasteiger partial charge in [-0.25, -0.2) is 5.43 Å². The fourth-order valence-corrected chi connectivity index (χ4v) is 2.99. The Morgan fingerprint density at radius 2 is 1.42 bits per heavy atom. The lowest BCUT2D eigenvalue weighted by Gasteiger charge is -2.10. The number of nitrogens with one attached hydrogen (secondary N) is 2. The van der Waals surface area contributed by atoms with Gasteiger partial charge in [-0.3, -0.25) is 9.59 Å². The Kier molecular flexibility index (Phi) is 7.91. The van der Waals surface area contributed by atoms with E-state index in [0.717, 1.165) is 16.7 Å². The number of carbonyl (C=O) groups is 2. The van der Waals surface area contributed by atoms with Crippen molar-refractivity contribution in [1.82, 2.24) is 10.7 Å². The number of rotatable bonds is 7. The molecule has 0 atom stereocenters. The molecule has 3 aromatic carbocycles. The van der Waals surface area contributed by atoms with Crippen LogP contribution in [0.2, 0.25) is 0 Å². The minimum absolute atomic E-state index is 0.0655. The predicted octanol–water partition coefficient (Wildman–Crippen LogP) is 4.65. The molecule has 0 aromatic heterocycles. The molecule has 0 saturated heterocycles. The summed E-state index contributed by atoms with van der Waals surface area (Å²) in [6.07, 6.45) is 3.52. The highest BCUT2D eigenvalue weighted by Crippen LogP contribution is 2.11. The van der Waals surface area contributed by atoms with Crippen molar-refractivity contribution < 1.29 is 14.7 Å². The zero-order valence-electron chi connectivity index (χ0n) is 18.4. The van der Waals surface area contributed by atoms with Crippen LogP contribution in [0, 0.1) is 0 Å². The molecular formula is C27H25N3O3. The number of amides is 2. The highest BCUT2D eigenvalue weighted by atomic mass is 16.3. The lowest BCUT2D eigenvalue weighted by molar-refractivity contribution is -0.117. The Bertz CT molecular complexity index is 1200. The number of nitrogens with zero attached hydrogens (tertiary/aromatic N) is 1. The fraction of sp³-hybridized carbons (Fsp3) is 0.0741. The Morgan fingerprint density at radius 3 is 2.06 bits per heavy atom. The van der Waals surface area contributed by atoms with Crippen molar-refractivity contribution in [2.75, 3.05) is 0 Å². The Morgan fingerprint density at radius 1 is 0.818 bits per heavy atom. The summed E-state index contributed by atoms with van der Waals surface area (Å²) in [6.45, 7) is 3.58. The molecule has 166 valence electrons. The summed E-state index contributed by atoms with van der Waals surface area (Å²) in [5, 5.41) is 16.3. The van der Waals surface area contributed by atoms with Gasteiger partial charge in [-0.05, 0) is 73.0 Å². The van der Waals surface area contributed by atoms with Crippen LogP contribution in [0.3, 0.4) is 0 Å². The van der Waals surface area contributed by atoms with Gasteiger partial charge in [0.1, 0.15) is 11.4 Å². The van der Waals surface area contributed by atoms with E-state index in [1.165, 1.54) is 0 Å². The first-order chi connectivity index (χ1) is 15.9. The third-order valence-corrected chi connectivity index (χ3v) is 4.70. The van der Waals surface area contributed by atoms with Crippen molar-refractivity contribution in [2.24, 2.45) is 5.10 Å². The van der Waals surface area contributed by atoms with Crippen molar-refractivity contribution in [2.45, 2.75) is 13.8 Å². The topological polar surface area (TPSA) is 90.8 Å². The normalized spacial score (nSPS) is 12.2. The second-order valence-corrected chi connectivity index (χ2v) is 7.36. The molecule has 33 heavy (non-hydrogen) atoms. The van der Waals surface area contributed by atoms with E-state index in [-0.39, 0.29) is 11.4 Å². The zero-order valence-corrected chi connectivity index (χ0v) is 18.4. The third-order valence-electron chi connectivity index (χ3n) is 4.70. The van der Waals surface area contributed by atoms with Gasteiger partial charge in [0.2, 0.25) is 0 Å². The summed E-state index contributed by atoms with van der Waals surface area (Å²) < 4.78 is 0. The number of hydrogen-bond acceptors (Lipinski definition) is 4. The van der Waals surface area contributed by atoms with Crippen molar-refractivity contribution >= 4 is 23.6 Å². The molecular weight excluding hydrogens is 414 g/mol. The zero-order chi connectivity index (χ0) is 23.6. The molecule has 6 heteroatoms. The minimum Gasteiger partial charge on any atom is -0.508 e. The Balaban J connectivity index is 1.84. The second-order valence-electron chi connectivity index (χ2n) is 7.36. The highest BCUT2D eigenvalue weighted by Gasteiger charge is 2.14. The first-order valence-electron chi connectivity index (χ1n) is 10.4. The molecule has 0 bridgehead atoms. The monoisotopic (exact) mass is 439 g/mol. The van der Waals surface area contributed by atoms with Gasteiger partial charge in [-0.15, -0.1) is 0 Å². The minimum atomic E-state index is -0.557. The van der Waals surface area contributed by atoms with E-state index in [1.54, 1.807) is 61.5 Å². The molecule has 0 fully saturated rings. The van der Waals surface area contributed by atoms with Crippen molar-refractivity contribution in [1.29, 1.82) is 0 Å². The van der Waals surface area contributed by atoms with Crippen LogP contribution in [-0.4, -0.2) is 22.6 Å². The van der Waals surface area contributed by atoms with Gasteiger partial charge in [-0.1, -0.05) is 54.6 Å². The summed E-state index contributed by atoms with van der Waals surface area (Å²) in [5.41, 5.74) is 6.04. The fourth-order valence-electron chi connectivity index (χ4n) is 2.99. The third kappa shape index (κ3) is 7.04. The molecule has 0 unspecified atom stereocenters. The molecule has 0 spiro atoms. The van der Waals surface area contributed by atoms with Gasteiger partial charge in [0, 0.05) is 5.56 Å². The number of benzene rings is 3. The summed E-state index contributed by atoms with van der Waals surface area (Å²) in [7, 11) is 0. The molecule has 0 aliphatic heterocycles. The number of phenolic OH excluding ortho intramolecular Hbond substituents is 1. The van der Waals surface area contributed by atoms with Gasteiger partial charge in [0.15, 0.2) is 0 Å². The predicted molar refractivity (Wildman–Crippen MR) is 131 cm³/mol. The van der Waals surface area contributed by atoms with E-state index in [0.29, 0.717) is 11.3 Å². The van der Waals surface area contributed by atoms with Crippen molar-refractivity contribution in [3.8, 4) is 5.75 Å². The van der Waals surface area contributed by atoms with Gasteiger partial charge in [0.25, 0.3) is 11.8 Å². The summed E-state index contributed by atoms with van der Waals surface area (Å²) in [4.78, 5) is 25.6. The molecule has 3 aromatic rings. The van der Waals surface area contributed by atoms with Gasteiger partial charge in [0.05, 0.1) is 5.71 Å². The van der Waals surface area contributed by atoms with Crippen molar-refractivity contribution in [3.05, 3.63) is 119 Å². The first-order valence-corrected chi connectivity index (χ1v) is 10.4. The molecule has 3 rings (SSSR count). The highest BCUT2D eigenvalue weighted by molar-refractivity contribution is 6.04. The van der Waals surface area contributed by atoms with Gasteiger partial charge in [-0.2, -0.15) is 5.10 Å². The Hall–Kier alpha value is -4.45. The van der Waals surface area contributed by atoms with E-state index >= 15 is 0 Å².